The molecule has 24 heavy (non-hydrogen) atoms. The lowest BCUT2D eigenvalue weighted by Gasteiger charge is -2.19. The van der Waals surface area contributed by atoms with Gasteiger partial charge in [-0.25, -0.2) is 19.7 Å². The number of aromatic nitrogens is 5. The summed E-state index contributed by atoms with van der Waals surface area (Å²) in [7, 11) is 0. The molecule has 0 saturated heterocycles. The fraction of sp³-hybridized carbons (Fsp3) is 0.533. The average Bonchev–Trinajstić information content (AvgIpc) is 3.25. The first-order valence-corrected chi connectivity index (χ1v) is 8.10. The number of amides is 1. The third-order valence-electron chi connectivity index (χ3n) is 3.22. The van der Waals surface area contributed by atoms with Crippen molar-refractivity contribution in [3.05, 3.63) is 29.1 Å². The zero-order valence-corrected chi connectivity index (χ0v) is 14.5. The van der Waals surface area contributed by atoms with Crippen molar-refractivity contribution < 1.29 is 9.53 Å². The summed E-state index contributed by atoms with van der Waals surface area (Å²) in [5.74, 6) is 2.03. The third kappa shape index (κ3) is 4.19. The van der Waals surface area contributed by atoms with E-state index in [1.165, 1.54) is 17.1 Å². The Morgan fingerprint density at radius 3 is 2.62 bits per heavy atom. The molecule has 9 heteroatoms. The molecule has 0 aliphatic heterocycles. The molecule has 1 N–H and O–H groups in total. The van der Waals surface area contributed by atoms with Gasteiger partial charge in [-0.3, -0.25) is 0 Å². The smallest absolute Gasteiger partial charge is 0.408 e. The van der Waals surface area contributed by atoms with Crippen molar-refractivity contribution in [1.29, 1.82) is 0 Å². The van der Waals surface area contributed by atoms with Crippen LogP contribution in [0.1, 0.15) is 51.2 Å². The fourth-order valence-electron chi connectivity index (χ4n) is 2.03. The zero-order chi connectivity index (χ0) is 17.3. The number of carbonyl (C=O) groups excluding carboxylic acids is 1. The lowest BCUT2D eigenvalue weighted by molar-refractivity contribution is 0.0522. The number of ether oxygens (including phenoxy) is 1. The quantitative estimate of drug-likeness (QED) is 0.910. The van der Waals surface area contributed by atoms with Crippen LogP contribution in [0.3, 0.4) is 0 Å². The minimum Gasteiger partial charge on any atom is -0.444 e. The average molecular weight is 351 g/mol. The molecule has 1 fully saturated rings. The van der Waals surface area contributed by atoms with Crippen LogP contribution in [-0.2, 0) is 11.3 Å². The van der Waals surface area contributed by atoms with E-state index < -0.39 is 11.7 Å². The summed E-state index contributed by atoms with van der Waals surface area (Å²) in [5.41, 5.74) is -0.559. The van der Waals surface area contributed by atoms with Gasteiger partial charge in [0.15, 0.2) is 11.6 Å². The Hall–Kier alpha value is -2.22. The number of nitrogens with zero attached hydrogens (tertiary/aromatic N) is 5. The molecule has 1 saturated carbocycles. The molecule has 8 nitrogen and oxygen atoms in total. The molecule has 0 unspecified atom stereocenters. The number of nitrogens with one attached hydrogen (secondary N) is 1. The van der Waals surface area contributed by atoms with Gasteiger partial charge in [0, 0.05) is 5.92 Å². The first kappa shape index (κ1) is 16.6. The molecule has 0 bridgehead atoms. The lowest BCUT2D eigenvalue weighted by Crippen LogP contribution is -2.32. The van der Waals surface area contributed by atoms with E-state index >= 15 is 0 Å². The Morgan fingerprint density at radius 1 is 1.38 bits per heavy atom. The van der Waals surface area contributed by atoms with Crippen LogP contribution in [0.4, 0.5) is 4.79 Å². The first-order valence-electron chi connectivity index (χ1n) is 7.72. The van der Waals surface area contributed by atoms with Crippen LogP contribution in [0.5, 0.6) is 0 Å². The second-order valence-corrected chi connectivity index (χ2v) is 7.07. The van der Waals surface area contributed by atoms with Crippen molar-refractivity contribution in [1.82, 2.24) is 30.0 Å². The molecule has 0 atom stereocenters. The monoisotopic (exact) mass is 350 g/mol. The molecule has 128 valence electrons. The SMILES string of the molecule is CC(C)(C)OC(=O)NCc1nc(C2CC2)nn1-c1ncc(Cl)cn1. The highest BCUT2D eigenvalue weighted by molar-refractivity contribution is 6.30. The fourth-order valence-corrected chi connectivity index (χ4v) is 2.13. The normalized spacial score (nSPS) is 14.5. The van der Waals surface area contributed by atoms with Crippen LogP contribution in [0.15, 0.2) is 12.4 Å². The summed E-state index contributed by atoms with van der Waals surface area (Å²) >= 11 is 5.82. The highest BCUT2D eigenvalue weighted by Gasteiger charge is 2.29. The second-order valence-electron chi connectivity index (χ2n) is 6.63. The first-order chi connectivity index (χ1) is 11.3. The van der Waals surface area contributed by atoms with E-state index in [2.05, 4.69) is 25.4 Å². The van der Waals surface area contributed by atoms with Gasteiger partial charge in [-0.15, -0.1) is 5.10 Å². The Balaban J connectivity index is 1.78. The molecule has 1 aliphatic carbocycles. The van der Waals surface area contributed by atoms with E-state index in [0.717, 1.165) is 18.7 Å². The Morgan fingerprint density at radius 2 is 2.04 bits per heavy atom. The maximum absolute atomic E-state index is 11.8. The van der Waals surface area contributed by atoms with Gasteiger partial charge in [-0.05, 0) is 33.6 Å². The molecule has 2 heterocycles. The minimum absolute atomic E-state index is 0.167. The number of hydrogen-bond acceptors (Lipinski definition) is 6. The van der Waals surface area contributed by atoms with Crippen LogP contribution in [-0.4, -0.2) is 36.4 Å². The lowest BCUT2D eigenvalue weighted by atomic mass is 10.2. The molecule has 2 aromatic heterocycles. The molecular formula is C15H19ClN6O2. The highest BCUT2D eigenvalue weighted by atomic mass is 35.5. The van der Waals surface area contributed by atoms with Crippen molar-refractivity contribution in [2.75, 3.05) is 0 Å². The second kappa shape index (κ2) is 6.35. The van der Waals surface area contributed by atoms with Gasteiger partial charge in [-0.1, -0.05) is 11.6 Å². The van der Waals surface area contributed by atoms with Crippen molar-refractivity contribution in [3.63, 3.8) is 0 Å². The van der Waals surface area contributed by atoms with Crippen LogP contribution in [0.25, 0.3) is 5.95 Å². The number of rotatable bonds is 4. The van der Waals surface area contributed by atoms with Gasteiger partial charge in [0.2, 0.25) is 0 Å². The summed E-state index contributed by atoms with van der Waals surface area (Å²) in [6.07, 6.45) is 4.62. The van der Waals surface area contributed by atoms with Crippen molar-refractivity contribution >= 4 is 17.7 Å². The molecule has 0 radical (unpaired) electrons. The number of alkyl carbamates (subject to hydrolysis) is 1. The standard InChI is InChI=1S/C15H19ClN6O2/c1-15(2,3)24-14(23)19-8-11-20-12(9-4-5-9)21-22(11)13-17-6-10(16)7-18-13/h6-7,9H,4-5,8H2,1-3H3,(H,19,23). The Labute approximate surface area is 144 Å². The highest BCUT2D eigenvalue weighted by Crippen LogP contribution is 2.38. The molecule has 0 spiro atoms. The predicted molar refractivity (Wildman–Crippen MR) is 87.0 cm³/mol. The van der Waals surface area contributed by atoms with E-state index in [4.69, 9.17) is 16.3 Å². The molecular weight excluding hydrogens is 332 g/mol. The third-order valence-corrected chi connectivity index (χ3v) is 3.41. The van der Waals surface area contributed by atoms with Crippen molar-refractivity contribution in [2.45, 2.75) is 51.7 Å². The molecule has 1 aliphatic rings. The summed E-state index contributed by atoms with van der Waals surface area (Å²) in [4.78, 5) is 24.7. The molecule has 3 rings (SSSR count). The summed E-state index contributed by atoms with van der Waals surface area (Å²) < 4.78 is 6.76. The summed E-state index contributed by atoms with van der Waals surface area (Å²) in [5, 5.41) is 7.59. The summed E-state index contributed by atoms with van der Waals surface area (Å²) in [6, 6.07) is 0. The van der Waals surface area contributed by atoms with Crippen LogP contribution >= 0.6 is 11.6 Å². The maximum atomic E-state index is 11.8. The van der Waals surface area contributed by atoms with E-state index in [1.54, 1.807) is 0 Å². The van der Waals surface area contributed by atoms with E-state index in [9.17, 15) is 4.79 Å². The van der Waals surface area contributed by atoms with Crippen LogP contribution in [0, 0.1) is 0 Å². The van der Waals surface area contributed by atoms with Gasteiger partial charge in [0.05, 0.1) is 24.0 Å². The Bertz CT molecular complexity index is 733. The van der Waals surface area contributed by atoms with Gasteiger partial charge >= 0.3 is 6.09 Å². The van der Waals surface area contributed by atoms with Gasteiger partial charge in [-0.2, -0.15) is 4.68 Å². The largest absolute Gasteiger partial charge is 0.444 e. The van der Waals surface area contributed by atoms with Crippen LogP contribution in [0.2, 0.25) is 5.02 Å². The minimum atomic E-state index is -0.559. The van der Waals surface area contributed by atoms with E-state index in [-0.39, 0.29) is 6.54 Å². The van der Waals surface area contributed by atoms with Gasteiger partial charge in [0.1, 0.15) is 5.60 Å². The predicted octanol–water partition coefficient (Wildman–Crippen LogP) is 2.61. The van der Waals surface area contributed by atoms with Gasteiger partial charge < -0.3 is 10.1 Å². The zero-order valence-electron chi connectivity index (χ0n) is 13.8. The Kier molecular flexibility index (Phi) is 4.40. The molecule has 1 amide bonds. The molecule has 0 aromatic carbocycles. The van der Waals surface area contributed by atoms with E-state index in [1.807, 2.05) is 20.8 Å². The van der Waals surface area contributed by atoms with Crippen molar-refractivity contribution in [3.8, 4) is 5.95 Å². The topological polar surface area (TPSA) is 94.8 Å². The number of hydrogen-bond donors (Lipinski definition) is 1. The maximum Gasteiger partial charge on any atom is 0.408 e. The van der Waals surface area contributed by atoms with Gasteiger partial charge in [0.25, 0.3) is 5.95 Å². The van der Waals surface area contributed by atoms with E-state index in [0.29, 0.717) is 22.7 Å². The number of halogens is 1. The van der Waals surface area contributed by atoms with Crippen molar-refractivity contribution in [2.24, 2.45) is 0 Å². The number of carbonyl (C=O) groups is 1. The van der Waals surface area contributed by atoms with Crippen LogP contribution < -0.4 is 5.32 Å². The summed E-state index contributed by atoms with van der Waals surface area (Å²) in [6.45, 7) is 5.59. The molecule has 2 aromatic rings.